The number of carbonyl (C=O) groups excluding carboxylic acids is 2. The number of piperidine rings is 1. The number of anilines is 2. The summed E-state index contributed by atoms with van der Waals surface area (Å²) in [6, 6.07) is 9.62. The maximum atomic E-state index is 13.0. The van der Waals surface area contributed by atoms with Crippen molar-refractivity contribution in [1.82, 2.24) is 19.7 Å². The molecule has 0 unspecified atom stereocenters. The largest absolute Gasteiger partial charge is 0.444 e. The average Bonchev–Trinajstić information content (AvgIpc) is 3.34. The first-order chi connectivity index (χ1) is 17.1. The quantitative estimate of drug-likeness (QED) is 0.525. The summed E-state index contributed by atoms with van der Waals surface area (Å²) in [5, 5.41) is 7.51. The number of pyridine rings is 1. The van der Waals surface area contributed by atoms with Crippen LogP contribution in [-0.2, 0) is 11.2 Å². The fourth-order valence-electron chi connectivity index (χ4n) is 4.28. The second kappa shape index (κ2) is 10.4. The van der Waals surface area contributed by atoms with Gasteiger partial charge in [-0.15, -0.1) is 0 Å². The maximum Gasteiger partial charge on any atom is 0.410 e. The highest BCUT2D eigenvalue weighted by Gasteiger charge is 2.28. The fourth-order valence-corrected chi connectivity index (χ4v) is 4.28. The molecule has 190 valence electrons. The van der Waals surface area contributed by atoms with Crippen LogP contribution >= 0.6 is 0 Å². The smallest absolute Gasteiger partial charge is 0.410 e. The number of nitrogens with zero attached hydrogens (tertiary/aromatic N) is 4. The molecule has 2 aromatic heterocycles. The van der Waals surface area contributed by atoms with E-state index in [1.54, 1.807) is 23.4 Å². The van der Waals surface area contributed by atoms with Gasteiger partial charge in [-0.1, -0.05) is 25.1 Å². The summed E-state index contributed by atoms with van der Waals surface area (Å²) in [5.74, 6) is -0.128. The molecule has 1 fully saturated rings. The number of ether oxygens (including phenoxy) is 1. The van der Waals surface area contributed by atoms with E-state index >= 15 is 0 Å². The van der Waals surface area contributed by atoms with E-state index in [1.165, 1.54) is 0 Å². The first kappa shape index (κ1) is 25.2. The minimum atomic E-state index is -0.507. The summed E-state index contributed by atoms with van der Waals surface area (Å²) in [7, 11) is 0. The maximum absolute atomic E-state index is 13.0. The van der Waals surface area contributed by atoms with Gasteiger partial charge in [0.05, 0.1) is 17.8 Å². The van der Waals surface area contributed by atoms with E-state index in [2.05, 4.69) is 15.4 Å². The first-order valence-corrected chi connectivity index (χ1v) is 12.3. The molecule has 2 amide bonds. The van der Waals surface area contributed by atoms with E-state index in [-0.39, 0.29) is 23.9 Å². The Labute approximate surface area is 211 Å². The number of benzene rings is 1. The Morgan fingerprint density at radius 3 is 2.56 bits per heavy atom. The van der Waals surface area contributed by atoms with Gasteiger partial charge in [0.25, 0.3) is 5.91 Å². The van der Waals surface area contributed by atoms with E-state index in [1.807, 2.05) is 62.8 Å². The third kappa shape index (κ3) is 5.84. The van der Waals surface area contributed by atoms with Crippen molar-refractivity contribution >= 4 is 23.5 Å². The van der Waals surface area contributed by atoms with Crippen molar-refractivity contribution in [3.8, 4) is 11.1 Å². The summed E-state index contributed by atoms with van der Waals surface area (Å²) in [4.78, 5) is 31.4. The molecule has 0 spiro atoms. The molecule has 3 heterocycles. The zero-order valence-corrected chi connectivity index (χ0v) is 21.3. The second-order valence-corrected chi connectivity index (χ2v) is 10.0. The van der Waals surface area contributed by atoms with Gasteiger partial charge in [-0.25, -0.2) is 9.78 Å². The molecule has 0 radical (unpaired) electrons. The van der Waals surface area contributed by atoms with E-state index in [9.17, 15) is 9.59 Å². The second-order valence-electron chi connectivity index (χ2n) is 10.0. The van der Waals surface area contributed by atoms with Crippen LogP contribution in [0.1, 0.15) is 62.5 Å². The van der Waals surface area contributed by atoms with Gasteiger partial charge >= 0.3 is 6.09 Å². The minimum absolute atomic E-state index is 0.173. The summed E-state index contributed by atoms with van der Waals surface area (Å²) in [5.41, 5.74) is 9.28. The number of nitrogen functional groups attached to an aromatic ring is 1. The molecule has 0 atom stereocenters. The van der Waals surface area contributed by atoms with Crippen molar-refractivity contribution in [1.29, 1.82) is 0 Å². The number of aromatic nitrogens is 3. The Bertz CT molecular complexity index is 1240. The number of para-hydroxylation sites is 1. The lowest BCUT2D eigenvalue weighted by Gasteiger charge is -2.33. The van der Waals surface area contributed by atoms with Crippen LogP contribution in [0.4, 0.5) is 16.3 Å². The molecule has 0 saturated carbocycles. The minimum Gasteiger partial charge on any atom is -0.444 e. The molecule has 0 bridgehead atoms. The molecule has 1 aliphatic rings. The predicted octanol–water partition coefficient (Wildman–Crippen LogP) is 4.91. The van der Waals surface area contributed by atoms with Gasteiger partial charge in [0, 0.05) is 42.3 Å². The summed E-state index contributed by atoms with van der Waals surface area (Å²) in [6.07, 6.45) is 7.47. The predicted molar refractivity (Wildman–Crippen MR) is 140 cm³/mol. The van der Waals surface area contributed by atoms with Gasteiger partial charge in [0.1, 0.15) is 11.4 Å². The van der Waals surface area contributed by atoms with Gasteiger partial charge in [-0.2, -0.15) is 5.10 Å². The SMILES string of the molecule is CCc1ccccc1NC(=O)c1cc(-c2cnn(C3CCN(C(=O)OC(C)(C)C)CC3)c2)cnc1N. The molecule has 1 aromatic carbocycles. The Kier molecular flexibility index (Phi) is 7.28. The first-order valence-electron chi connectivity index (χ1n) is 12.3. The molecule has 9 nitrogen and oxygen atoms in total. The summed E-state index contributed by atoms with van der Waals surface area (Å²) < 4.78 is 7.41. The van der Waals surface area contributed by atoms with Gasteiger partial charge < -0.3 is 20.7 Å². The molecule has 1 aliphatic heterocycles. The van der Waals surface area contributed by atoms with Crippen LogP contribution in [0.2, 0.25) is 0 Å². The van der Waals surface area contributed by atoms with Crippen LogP contribution in [0.3, 0.4) is 0 Å². The van der Waals surface area contributed by atoms with Gasteiger partial charge in [0.15, 0.2) is 0 Å². The lowest BCUT2D eigenvalue weighted by molar-refractivity contribution is 0.0184. The fraction of sp³-hybridized carbons (Fsp3) is 0.407. The zero-order valence-electron chi connectivity index (χ0n) is 21.3. The topological polar surface area (TPSA) is 115 Å². The third-order valence-electron chi connectivity index (χ3n) is 6.23. The molecule has 4 rings (SSSR count). The molecule has 1 saturated heterocycles. The van der Waals surface area contributed by atoms with E-state index < -0.39 is 5.60 Å². The van der Waals surface area contributed by atoms with Crippen molar-refractivity contribution in [2.75, 3.05) is 24.1 Å². The number of nitrogens with two attached hydrogens (primary N) is 1. The summed E-state index contributed by atoms with van der Waals surface area (Å²) in [6.45, 7) is 8.88. The van der Waals surface area contributed by atoms with Crippen LogP contribution in [-0.4, -0.2) is 50.4 Å². The van der Waals surface area contributed by atoms with Gasteiger partial charge in [-0.3, -0.25) is 9.48 Å². The van der Waals surface area contributed by atoms with Crippen molar-refractivity contribution in [3.63, 3.8) is 0 Å². The van der Waals surface area contributed by atoms with Crippen LogP contribution in [0.25, 0.3) is 11.1 Å². The van der Waals surface area contributed by atoms with E-state index in [0.717, 1.165) is 41.6 Å². The molecule has 3 N–H and O–H groups in total. The Hall–Kier alpha value is -3.88. The average molecular weight is 491 g/mol. The lowest BCUT2D eigenvalue weighted by atomic mass is 10.1. The normalized spacial score (nSPS) is 14.5. The van der Waals surface area contributed by atoms with Crippen molar-refractivity contribution < 1.29 is 14.3 Å². The van der Waals surface area contributed by atoms with E-state index in [0.29, 0.717) is 18.7 Å². The van der Waals surface area contributed by atoms with Crippen LogP contribution in [0.5, 0.6) is 0 Å². The number of nitrogens with one attached hydrogen (secondary N) is 1. The van der Waals surface area contributed by atoms with Crippen molar-refractivity contribution in [3.05, 3.63) is 60.0 Å². The molecule has 36 heavy (non-hydrogen) atoms. The van der Waals surface area contributed by atoms with Gasteiger partial charge in [-0.05, 0) is 57.7 Å². The zero-order chi connectivity index (χ0) is 25.9. The Morgan fingerprint density at radius 2 is 1.86 bits per heavy atom. The lowest BCUT2D eigenvalue weighted by Crippen LogP contribution is -2.42. The molecule has 0 aliphatic carbocycles. The number of hydrogen-bond donors (Lipinski definition) is 2. The number of rotatable bonds is 5. The van der Waals surface area contributed by atoms with Crippen LogP contribution in [0, 0.1) is 0 Å². The van der Waals surface area contributed by atoms with Crippen molar-refractivity contribution in [2.24, 2.45) is 0 Å². The van der Waals surface area contributed by atoms with Gasteiger partial charge in [0.2, 0.25) is 0 Å². The molecule has 9 heteroatoms. The standard InChI is InChI=1S/C27H34N6O3/c1-5-18-8-6-7-9-23(18)31-25(34)22-14-19(15-29-24(22)28)20-16-30-33(17-20)21-10-12-32(13-11-21)26(35)36-27(2,3)4/h6-9,14-17,21H,5,10-13H2,1-4H3,(H2,28,29)(H,31,34). The highest BCUT2D eigenvalue weighted by Crippen LogP contribution is 2.28. The molecular formula is C27H34N6O3. The number of amides is 2. The van der Waals surface area contributed by atoms with Crippen LogP contribution < -0.4 is 11.1 Å². The van der Waals surface area contributed by atoms with Crippen molar-refractivity contribution in [2.45, 2.75) is 58.6 Å². The Balaban J connectivity index is 1.44. The molecular weight excluding hydrogens is 456 g/mol. The van der Waals surface area contributed by atoms with Crippen LogP contribution in [0.15, 0.2) is 48.9 Å². The number of likely N-dealkylation sites (tertiary alicyclic amines) is 1. The highest BCUT2D eigenvalue weighted by atomic mass is 16.6. The monoisotopic (exact) mass is 490 g/mol. The highest BCUT2D eigenvalue weighted by molar-refractivity contribution is 6.08. The number of hydrogen-bond acceptors (Lipinski definition) is 6. The summed E-state index contributed by atoms with van der Waals surface area (Å²) >= 11 is 0. The number of carbonyl (C=O) groups is 2. The third-order valence-corrected chi connectivity index (χ3v) is 6.23. The molecule has 3 aromatic rings. The Morgan fingerprint density at radius 1 is 1.14 bits per heavy atom. The van der Waals surface area contributed by atoms with E-state index in [4.69, 9.17) is 10.5 Å². The number of aryl methyl sites for hydroxylation is 1.